The van der Waals surface area contributed by atoms with Crippen LogP contribution in [0.3, 0.4) is 0 Å². The van der Waals surface area contributed by atoms with Crippen LogP contribution in [0, 0.1) is 5.92 Å². The molecule has 3 heterocycles. The highest BCUT2D eigenvalue weighted by Crippen LogP contribution is 2.31. The van der Waals surface area contributed by atoms with Crippen LogP contribution in [-0.2, 0) is 19.2 Å². The van der Waals surface area contributed by atoms with E-state index in [0.29, 0.717) is 37.8 Å². The van der Waals surface area contributed by atoms with Crippen LogP contribution in [0.1, 0.15) is 76.6 Å². The molecule has 4 amide bonds. The van der Waals surface area contributed by atoms with Crippen molar-refractivity contribution >= 4 is 35.1 Å². The molecule has 4 unspecified atom stereocenters. The van der Waals surface area contributed by atoms with Crippen molar-refractivity contribution < 1.29 is 24.0 Å². The molecule has 4 atom stereocenters. The third kappa shape index (κ3) is 6.47. The van der Waals surface area contributed by atoms with Gasteiger partial charge in [0.15, 0.2) is 5.78 Å². The molecule has 1 aromatic carbocycles. The van der Waals surface area contributed by atoms with Crippen LogP contribution < -0.4 is 15.5 Å². The van der Waals surface area contributed by atoms with Crippen LogP contribution in [-0.4, -0.2) is 89.6 Å². The number of likely N-dealkylation sites (tertiary alicyclic amines) is 2. The molecule has 10 nitrogen and oxygen atoms in total. The van der Waals surface area contributed by atoms with Crippen molar-refractivity contribution in [2.24, 2.45) is 5.92 Å². The molecule has 0 spiro atoms. The van der Waals surface area contributed by atoms with Gasteiger partial charge in [-0.3, -0.25) is 24.0 Å². The standard InChI is InChI=1S/C30H43N5O5/c1-5-8-23(31-20(4)36)29(39)35-18-26(37)27-25(35)13-16-34(27)30(40)24(17-19(2)3)32-28(38)21-9-11-22(12-10-21)33-14-6-7-15-33/h9-12,19,23-25,27H,5-8,13-18H2,1-4H3,(H,31,36)(H,32,38). The minimum atomic E-state index is -0.783. The second-order valence-electron chi connectivity index (χ2n) is 11.7. The van der Waals surface area contributed by atoms with E-state index in [0.717, 1.165) is 18.8 Å². The summed E-state index contributed by atoms with van der Waals surface area (Å²) in [6.07, 6.45) is 4.43. The van der Waals surface area contributed by atoms with Gasteiger partial charge in [0, 0.05) is 37.8 Å². The number of amides is 4. The second kappa shape index (κ2) is 12.8. The zero-order valence-corrected chi connectivity index (χ0v) is 24.2. The number of ketones is 1. The molecule has 0 saturated carbocycles. The predicted octanol–water partition coefficient (Wildman–Crippen LogP) is 2.12. The van der Waals surface area contributed by atoms with Crippen molar-refractivity contribution in [3.63, 3.8) is 0 Å². The lowest BCUT2D eigenvalue weighted by atomic mass is 10.0. The van der Waals surface area contributed by atoms with E-state index in [1.807, 2.05) is 32.9 Å². The topological polar surface area (TPSA) is 119 Å². The normalized spacial score (nSPS) is 21.9. The first kappa shape index (κ1) is 29.6. The first-order chi connectivity index (χ1) is 19.1. The van der Waals surface area contributed by atoms with Gasteiger partial charge in [-0.25, -0.2) is 0 Å². The second-order valence-corrected chi connectivity index (χ2v) is 11.7. The molecule has 40 heavy (non-hydrogen) atoms. The quantitative estimate of drug-likeness (QED) is 0.458. The van der Waals surface area contributed by atoms with Crippen molar-refractivity contribution in [1.82, 2.24) is 20.4 Å². The van der Waals surface area contributed by atoms with Gasteiger partial charge >= 0.3 is 0 Å². The summed E-state index contributed by atoms with van der Waals surface area (Å²) >= 11 is 0. The Bertz CT molecular complexity index is 1110. The summed E-state index contributed by atoms with van der Waals surface area (Å²) in [4.78, 5) is 70.5. The highest BCUT2D eigenvalue weighted by Gasteiger charge is 2.53. The molecule has 0 aliphatic carbocycles. The minimum Gasteiger partial charge on any atom is -0.372 e. The van der Waals surface area contributed by atoms with Crippen LogP contribution in [0.4, 0.5) is 5.69 Å². The Morgan fingerprint density at radius 1 is 0.925 bits per heavy atom. The first-order valence-corrected chi connectivity index (χ1v) is 14.7. The average Bonchev–Trinajstić information content (AvgIpc) is 3.66. The molecule has 0 radical (unpaired) electrons. The van der Waals surface area contributed by atoms with Crippen molar-refractivity contribution in [2.45, 2.75) is 90.4 Å². The lowest BCUT2D eigenvalue weighted by Crippen LogP contribution is -2.53. The molecule has 3 saturated heterocycles. The number of hydrogen-bond acceptors (Lipinski definition) is 6. The summed E-state index contributed by atoms with van der Waals surface area (Å²) in [5.41, 5.74) is 1.57. The van der Waals surface area contributed by atoms with E-state index in [2.05, 4.69) is 15.5 Å². The number of carbonyl (C=O) groups is 5. The van der Waals surface area contributed by atoms with Gasteiger partial charge < -0.3 is 25.3 Å². The Morgan fingerprint density at radius 2 is 1.57 bits per heavy atom. The molecule has 0 bridgehead atoms. The maximum Gasteiger partial charge on any atom is 0.251 e. The largest absolute Gasteiger partial charge is 0.372 e. The molecule has 3 aliphatic rings. The molecule has 3 aliphatic heterocycles. The summed E-state index contributed by atoms with van der Waals surface area (Å²) < 4.78 is 0. The highest BCUT2D eigenvalue weighted by atomic mass is 16.2. The van der Waals surface area contributed by atoms with Crippen LogP contribution >= 0.6 is 0 Å². The van der Waals surface area contributed by atoms with E-state index < -0.39 is 24.2 Å². The SMILES string of the molecule is CCCC(NC(C)=O)C(=O)N1CC(=O)C2C1CCN2C(=O)C(CC(C)C)NC(=O)c1ccc(N2CCCC2)cc1. The monoisotopic (exact) mass is 553 g/mol. The van der Waals surface area contributed by atoms with Crippen molar-refractivity contribution in [2.75, 3.05) is 31.1 Å². The Labute approximate surface area is 236 Å². The fourth-order valence-electron chi connectivity index (χ4n) is 6.28. The number of hydrogen-bond donors (Lipinski definition) is 2. The number of Topliss-reactive ketones (excluding diaryl/α,β-unsaturated/α-hetero) is 1. The van der Waals surface area contributed by atoms with E-state index in [1.54, 1.807) is 17.0 Å². The fraction of sp³-hybridized carbons (Fsp3) is 0.633. The molecule has 3 fully saturated rings. The summed E-state index contributed by atoms with van der Waals surface area (Å²) in [5.74, 6) is -1.25. The van der Waals surface area contributed by atoms with E-state index in [4.69, 9.17) is 0 Å². The molecule has 0 aromatic heterocycles. The molecule has 218 valence electrons. The number of anilines is 1. The first-order valence-electron chi connectivity index (χ1n) is 14.7. The summed E-state index contributed by atoms with van der Waals surface area (Å²) in [5, 5.41) is 5.64. The number of carbonyl (C=O) groups excluding carboxylic acids is 5. The Balaban J connectivity index is 1.46. The molecular weight excluding hydrogens is 510 g/mol. The highest BCUT2D eigenvalue weighted by molar-refractivity contribution is 6.01. The van der Waals surface area contributed by atoms with Crippen molar-refractivity contribution in [1.29, 1.82) is 0 Å². The Hall–Kier alpha value is -3.43. The Morgan fingerprint density at radius 3 is 2.17 bits per heavy atom. The fourth-order valence-corrected chi connectivity index (χ4v) is 6.28. The van der Waals surface area contributed by atoms with Gasteiger partial charge in [-0.05, 0) is 62.3 Å². The van der Waals surface area contributed by atoms with Gasteiger partial charge in [-0.15, -0.1) is 0 Å². The van der Waals surface area contributed by atoms with Crippen LogP contribution in [0.15, 0.2) is 24.3 Å². The van der Waals surface area contributed by atoms with Gasteiger partial charge in [0.25, 0.3) is 5.91 Å². The third-order valence-corrected chi connectivity index (χ3v) is 8.15. The number of benzene rings is 1. The smallest absolute Gasteiger partial charge is 0.251 e. The number of rotatable bonds is 10. The number of fused-ring (bicyclic) bond motifs is 1. The molecule has 1 aromatic rings. The Kier molecular flexibility index (Phi) is 9.48. The van der Waals surface area contributed by atoms with Crippen molar-refractivity contribution in [3.05, 3.63) is 29.8 Å². The van der Waals surface area contributed by atoms with Crippen LogP contribution in [0.25, 0.3) is 0 Å². The molecule has 10 heteroatoms. The van der Waals surface area contributed by atoms with Gasteiger partial charge in [0.1, 0.15) is 18.1 Å². The third-order valence-electron chi connectivity index (χ3n) is 8.15. The molecule has 4 rings (SSSR count). The summed E-state index contributed by atoms with van der Waals surface area (Å²) in [7, 11) is 0. The maximum atomic E-state index is 13.8. The van der Waals surface area contributed by atoms with Gasteiger partial charge in [0.2, 0.25) is 17.7 Å². The van der Waals surface area contributed by atoms with Crippen LogP contribution in [0.5, 0.6) is 0 Å². The van der Waals surface area contributed by atoms with Gasteiger partial charge in [-0.1, -0.05) is 27.2 Å². The van der Waals surface area contributed by atoms with E-state index >= 15 is 0 Å². The molecule has 2 N–H and O–H groups in total. The van der Waals surface area contributed by atoms with E-state index in [-0.39, 0.29) is 41.9 Å². The zero-order valence-electron chi connectivity index (χ0n) is 24.2. The zero-order chi connectivity index (χ0) is 29.0. The van der Waals surface area contributed by atoms with Crippen LogP contribution in [0.2, 0.25) is 0 Å². The van der Waals surface area contributed by atoms with E-state index in [9.17, 15) is 24.0 Å². The van der Waals surface area contributed by atoms with Gasteiger partial charge in [0.05, 0.1) is 12.6 Å². The summed E-state index contributed by atoms with van der Waals surface area (Å²) in [6, 6.07) is 4.83. The maximum absolute atomic E-state index is 13.8. The van der Waals surface area contributed by atoms with Gasteiger partial charge in [-0.2, -0.15) is 0 Å². The van der Waals surface area contributed by atoms with Crippen molar-refractivity contribution in [3.8, 4) is 0 Å². The lowest BCUT2D eigenvalue weighted by molar-refractivity contribution is -0.138. The van der Waals surface area contributed by atoms with E-state index in [1.165, 1.54) is 24.7 Å². The number of nitrogens with zero attached hydrogens (tertiary/aromatic N) is 3. The predicted molar refractivity (Wildman–Crippen MR) is 152 cm³/mol. The minimum absolute atomic E-state index is 0.0810. The summed E-state index contributed by atoms with van der Waals surface area (Å²) in [6.45, 7) is 9.56. The molecular formula is C30H43N5O5. The lowest BCUT2D eigenvalue weighted by Gasteiger charge is -2.30. The number of nitrogens with one attached hydrogen (secondary N) is 2. The average molecular weight is 554 g/mol.